The molecule has 3 aromatic rings. The number of carbonyl (C=O) groups excluding carboxylic acids is 1. The number of hydrogen-bond acceptors (Lipinski definition) is 6. The molecule has 0 spiro atoms. The Bertz CT molecular complexity index is 1100. The highest BCUT2D eigenvalue weighted by molar-refractivity contribution is 7.92. The molecular formula is C20H22N4O4S. The number of amides is 1. The zero-order valence-corrected chi connectivity index (χ0v) is 16.8. The number of fused-ring (bicyclic) bond motifs is 1. The van der Waals surface area contributed by atoms with E-state index in [4.69, 9.17) is 4.42 Å². The van der Waals surface area contributed by atoms with E-state index in [1.807, 2.05) is 24.3 Å². The predicted octanol–water partition coefficient (Wildman–Crippen LogP) is 3.05. The maximum absolute atomic E-state index is 12.6. The SMILES string of the molecule is CS(=O)(=O)Nc1cccc(NC(=O)C2CCN(c3nc4ccccc4o3)CC2)c1. The first kappa shape index (κ1) is 19.3. The summed E-state index contributed by atoms with van der Waals surface area (Å²) in [7, 11) is -3.37. The smallest absolute Gasteiger partial charge is 0.298 e. The van der Waals surface area contributed by atoms with Crippen LogP contribution < -0.4 is 14.9 Å². The number of rotatable bonds is 5. The van der Waals surface area contributed by atoms with E-state index in [0.29, 0.717) is 43.3 Å². The molecule has 9 heteroatoms. The van der Waals surface area contributed by atoms with Gasteiger partial charge in [-0.05, 0) is 43.2 Å². The zero-order chi connectivity index (χ0) is 20.4. The van der Waals surface area contributed by atoms with E-state index >= 15 is 0 Å². The van der Waals surface area contributed by atoms with Crippen LogP contribution in [0.4, 0.5) is 17.4 Å². The summed E-state index contributed by atoms with van der Waals surface area (Å²) >= 11 is 0. The first-order valence-electron chi connectivity index (χ1n) is 9.37. The van der Waals surface area contributed by atoms with Gasteiger partial charge in [-0.3, -0.25) is 9.52 Å². The molecule has 2 aromatic carbocycles. The molecule has 1 aliphatic heterocycles. The Labute approximate surface area is 169 Å². The molecule has 29 heavy (non-hydrogen) atoms. The lowest BCUT2D eigenvalue weighted by Gasteiger charge is -2.30. The third kappa shape index (κ3) is 4.68. The second kappa shape index (κ2) is 7.75. The molecular weight excluding hydrogens is 392 g/mol. The Balaban J connectivity index is 1.36. The first-order chi connectivity index (χ1) is 13.9. The Morgan fingerprint density at radius 1 is 1.10 bits per heavy atom. The molecule has 1 aromatic heterocycles. The number of benzene rings is 2. The molecule has 0 radical (unpaired) electrons. The van der Waals surface area contributed by atoms with Crippen LogP contribution in [0.1, 0.15) is 12.8 Å². The molecule has 0 atom stereocenters. The summed E-state index contributed by atoms with van der Waals surface area (Å²) < 4.78 is 31.0. The molecule has 0 bridgehead atoms. The third-order valence-electron chi connectivity index (χ3n) is 4.85. The van der Waals surface area contributed by atoms with Crippen LogP contribution in [0.3, 0.4) is 0 Å². The second-order valence-electron chi connectivity index (χ2n) is 7.17. The van der Waals surface area contributed by atoms with Gasteiger partial charge in [-0.25, -0.2) is 8.42 Å². The van der Waals surface area contributed by atoms with Crippen molar-refractivity contribution in [3.63, 3.8) is 0 Å². The summed E-state index contributed by atoms with van der Waals surface area (Å²) in [6, 6.07) is 14.9. The van der Waals surface area contributed by atoms with Gasteiger partial charge in [-0.1, -0.05) is 18.2 Å². The minimum atomic E-state index is -3.37. The van der Waals surface area contributed by atoms with Gasteiger partial charge in [0, 0.05) is 24.7 Å². The fourth-order valence-electron chi connectivity index (χ4n) is 3.45. The van der Waals surface area contributed by atoms with Gasteiger partial charge in [0.05, 0.1) is 11.9 Å². The van der Waals surface area contributed by atoms with Crippen molar-refractivity contribution in [2.24, 2.45) is 5.92 Å². The molecule has 4 rings (SSSR count). The van der Waals surface area contributed by atoms with Gasteiger partial charge in [0.1, 0.15) is 5.52 Å². The van der Waals surface area contributed by atoms with Crippen LogP contribution in [-0.2, 0) is 14.8 Å². The number of piperidine rings is 1. The van der Waals surface area contributed by atoms with Gasteiger partial charge in [0.25, 0.3) is 6.01 Å². The standard InChI is InChI=1S/C20H22N4O4S/c1-29(26,27)23-16-6-4-5-15(13-16)21-19(25)14-9-11-24(12-10-14)20-22-17-7-2-3-8-18(17)28-20/h2-8,13-14,23H,9-12H2,1H3,(H,21,25). The number of aromatic nitrogens is 1. The van der Waals surface area contributed by atoms with Gasteiger partial charge in [0.2, 0.25) is 15.9 Å². The highest BCUT2D eigenvalue weighted by Gasteiger charge is 2.27. The molecule has 0 unspecified atom stereocenters. The van der Waals surface area contributed by atoms with E-state index in [1.54, 1.807) is 24.3 Å². The van der Waals surface area contributed by atoms with Crippen molar-refractivity contribution in [2.75, 3.05) is 34.3 Å². The number of para-hydroxylation sites is 2. The van der Waals surface area contributed by atoms with Crippen LogP contribution in [0.5, 0.6) is 0 Å². The highest BCUT2D eigenvalue weighted by Crippen LogP contribution is 2.27. The Morgan fingerprint density at radius 2 is 1.83 bits per heavy atom. The Kier molecular flexibility index (Phi) is 5.14. The van der Waals surface area contributed by atoms with Crippen molar-refractivity contribution in [1.82, 2.24) is 4.98 Å². The van der Waals surface area contributed by atoms with Gasteiger partial charge in [0.15, 0.2) is 5.58 Å². The summed E-state index contributed by atoms with van der Waals surface area (Å²) in [5, 5.41) is 2.88. The summed E-state index contributed by atoms with van der Waals surface area (Å²) in [5.41, 5.74) is 2.55. The van der Waals surface area contributed by atoms with Crippen molar-refractivity contribution in [3.05, 3.63) is 48.5 Å². The maximum Gasteiger partial charge on any atom is 0.298 e. The number of nitrogens with zero attached hydrogens (tertiary/aromatic N) is 2. The van der Waals surface area contributed by atoms with Gasteiger partial charge in [-0.15, -0.1) is 0 Å². The van der Waals surface area contributed by atoms with Crippen molar-refractivity contribution in [1.29, 1.82) is 0 Å². The zero-order valence-electron chi connectivity index (χ0n) is 16.0. The fraction of sp³-hybridized carbons (Fsp3) is 0.300. The summed E-state index contributed by atoms with van der Waals surface area (Å²) in [4.78, 5) is 19.2. The minimum Gasteiger partial charge on any atom is -0.423 e. The molecule has 0 saturated carbocycles. The highest BCUT2D eigenvalue weighted by atomic mass is 32.2. The lowest BCUT2D eigenvalue weighted by Crippen LogP contribution is -2.38. The van der Waals surface area contributed by atoms with E-state index in [1.165, 1.54) is 0 Å². The fourth-order valence-corrected chi connectivity index (χ4v) is 4.00. The van der Waals surface area contributed by atoms with Gasteiger partial charge in [-0.2, -0.15) is 4.98 Å². The van der Waals surface area contributed by atoms with E-state index in [9.17, 15) is 13.2 Å². The number of oxazole rings is 1. The molecule has 2 heterocycles. The number of anilines is 3. The van der Waals surface area contributed by atoms with Crippen LogP contribution >= 0.6 is 0 Å². The molecule has 1 amide bonds. The molecule has 152 valence electrons. The quantitative estimate of drug-likeness (QED) is 0.665. The molecule has 1 aliphatic rings. The third-order valence-corrected chi connectivity index (χ3v) is 5.46. The lowest BCUT2D eigenvalue weighted by molar-refractivity contribution is -0.120. The normalized spacial score (nSPS) is 15.4. The lowest BCUT2D eigenvalue weighted by atomic mass is 9.96. The molecule has 2 N–H and O–H groups in total. The first-order valence-corrected chi connectivity index (χ1v) is 11.3. The summed E-state index contributed by atoms with van der Waals surface area (Å²) in [6.45, 7) is 1.36. The topological polar surface area (TPSA) is 105 Å². The number of hydrogen-bond donors (Lipinski definition) is 2. The van der Waals surface area contributed by atoms with Crippen LogP contribution in [-0.4, -0.2) is 38.7 Å². The van der Waals surface area contributed by atoms with Crippen molar-refractivity contribution in [2.45, 2.75) is 12.8 Å². The van der Waals surface area contributed by atoms with Crippen LogP contribution in [0.25, 0.3) is 11.1 Å². The average molecular weight is 414 g/mol. The molecule has 0 aliphatic carbocycles. The summed E-state index contributed by atoms with van der Waals surface area (Å²) in [5.74, 6) is -0.194. The number of nitrogens with one attached hydrogen (secondary N) is 2. The minimum absolute atomic E-state index is 0.0706. The van der Waals surface area contributed by atoms with E-state index in [2.05, 4.69) is 19.9 Å². The van der Waals surface area contributed by atoms with Gasteiger partial charge >= 0.3 is 0 Å². The molecule has 1 saturated heterocycles. The van der Waals surface area contributed by atoms with Crippen molar-refractivity contribution >= 4 is 44.4 Å². The van der Waals surface area contributed by atoms with Crippen LogP contribution in [0.2, 0.25) is 0 Å². The monoisotopic (exact) mass is 414 g/mol. The Morgan fingerprint density at radius 3 is 2.55 bits per heavy atom. The maximum atomic E-state index is 12.6. The van der Waals surface area contributed by atoms with Crippen molar-refractivity contribution in [3.8, 4) is 0 Å². The number of sulfonamides is 1. The second-order valence-corrected chi connectivity index (χ2v) is 8.92. The van der Waals surface area contributed by atoms with E-state index in [0.717, 1.165) is 17.4 Å². The molecule has 1 fully saturated rings. The van der Waals surface area contributed by atoms with Crippen molar-refractivity contribution < 1.29 is 17.6 Å². The van der Waals surface area contributed by atoms with E-state index < -0.39 is 10.0 Å². The van der Waals surface area contributed by atoms with E-state index in [-0.39, 0.29) is 11.8 Å². The van der Waals surface area contributed by atoms with Crippen LogP contribution in [0.15, 0.2) is 52.9 Å². The largest absolute Gasteiger partial charge is 0.423 e. The average Bonchev–Trinajstić information content (AvgIpc) is 3.11. The summed E-state index contributed by atoms with van der Waals surface area (Å²) in [6.07, 6.45) is 2.46. The van der Waals surface area contributed by atoms with Crippen LogP contribution in [0, 0.1) is 5.92 Å². The molecule has 8 nitrogen and oxygen atoms in total. The predicted molar refractivity (Wildman–Crippen MR) is 112 cm³/mol. The Hall–Kier alpha value is -3.07. The van der Waals surface area contributed by atoms with Gasteiger partial charge < -0.3 is 14.6 Å². The number of carbonyl (C=O) groups is 1.